The molecule has 1 aliphatic rings. The van der Waals surface area contributed by atoms with Crippen molar-refractivity contribution in [1.82, 2.24) is 15.5 Å². The first kappa shape index (κ1) is 23.0. The van der Waals surface area contributed by atoms with Crippen LogP contribution in [0.25, 0.3) is 0 Å². The molecule has 148 valence electrons. The Bertz CT molecular complexity index is 517. The van der Waals surface area contributed by atoms with Crippen LogP contribution in [0.1, 0.15) is 19.4 Å². The van der Waals surface area contributed by atoms with Gasteiger partial charge in [0, 0.05) is 39.8 Å². The van der Waals surface area contributed by atoms with Crippen molar-refractivity contribution >= 4 is 29.9 Å². The van der Waals surface area contributed by atoms with Gasteiger partial charge in [-0.05, 0) is 38.0 Å². The molecule has 0 spiro atoms. The van der Waals surface area contributed by atoms with E-state index in [-0.39, 0.29) is 30.1 Å². The van der Waals surface area contributed by atoms with Crippen molar-refractivity contribution in [3.05, 3.63) is 29.8 Å². The van der Waals surface area contributed by atoms with Crippen molar-refractivity contribution < 1.29 is 9.47 Å². The van der Waals surface area contributed by atoms with Crippen molar-refractivity contribution in [1.29, 1.82) is 0 Å². The maximum Gasteiger partial charge on any atom is 0.191 e. The minimum absolute atomic E-state index is 0. The fraction of sp³-hybridized carbons (Fsp3) is 0.632. The van der Waals surface area contributed by atoms with E-state index in [0.717, 1.165) is 64.1 Å². The number of aliphatic imine (C=N–C) groups is 1. The average molecular weight is 476 g/mol. The topological polar surface area (TPSA) is 58.1 Å². The lowest BCUT2D eigenvalue weighted by atomic mass is 10.1. The van der Waals surface area contributed by atoms with Gasteiger partial charge in [-0.25, -0.2) is 0 Å². The third-order valence-electron chi connectivity index (χ3n) is 4.05. The molecular formula is C19H33IN4O2. The number of nitrogens with zero attached hydrogens (tertiary/aromatic N) is 2. The molecule has 1 aliphatic heterocycles. The summed E-state index contributed by atoms with van der Waals surface area (Å²) in [4.78, 5) is 6.69. The fourth-order valence-corrected chi connectivity index (χ4v) is 2.71. The van der Waals surface area contributed by atoms with Crippen LogP contribution in [0.4, 0.5) is 0 Å². The van der Waals surface area contributed by atoms with E-state index in [1.165, 1.54) is 5.56 Å². The van der Waals surface area contributed by atoms with E-state index in [0.29, 0.717) is 0 Å². The van der Waals surface area contributed by atoms with Gasteiger partial charge in [-0.3, -0.25) is 9.89 Å². The summed E-state index contributed by atoms with van der Waals surface area (Å²) in [5.41, 5.74) is 1.28. The van der Waals surface area contributed by atoms with Gasteiger partial charge in [0.15, 0.2) is 5.96 Å². The van der Waals surface area contributed by atoms with Crippen LogP contribution < -0.4 is 15.4 Å². The molecule has 0 radical (unpaired) electrons. The summed E-state index contributed by atoms with van der Waals surface area (Å²) in [7, 11) is 1.81. The Kier molecular flexibility index (Phi) is 11.6. The van der Waals surface area contributed by atoms with Crippen LogP contribution >= 0.6 is 24.0 Å². The van der Waals surface area contributed by atoms with Gasteiger partial charge in [0.2, 0.25) is 0 Å². The minimum Gasteiger partial charge on any atom is -0.491 e. The Labute approximate surface area is 174 Å². The average Bonchev–Trinajstić information content (AvgIpc) is 2.62. The normalized spacial score (nSPS) is 15.5. The first-order chi connectivity index (χ1) is 12.2. The Morgan fingerprint density at radius 1 is 1.15 bits per heavy atom. The highest BCUT2D eigenvalue weighted by Crippen LogP contribution is 2.13. The van der Waals surface area contributed by atoms with Crippen molar-refractivity contribution in [2.24, 2.45) is 4.99 Å². The summed E-state index contributed by atoms with van der Waals surface area (Å²) in [5, 5.41) is 6.74. The lowest BCUT2D eigenvalue weighted by Crippen LogP contribution is -2.44. The van der Waals surface area contributed by atoms with E-state index in [9.17, 15) is 0 Å². The SMILES string of the molecule is CN=C(NCCc1ccc(OC(C)C)cc1)NCCN1CCOCC1.I. The molecule has 1 saturated heterocycles. The molecule has 2 N–H and O–H groups in total. The smallest absolute Gasteiger partial charge is 0.191 e. The van der Waals surface area contributed by atoms with Crippen molar-refractivity contribution in [2.45, 2.75) is 26.4 Å². The van der Waals surface area contributed by atoms with Crippen LogP contribution in [0.15, 0.2) is 29.3 Å². The second-order valence-electron chi connectivity index (χ2n) is 6.44. The number of morpholine rings is 1. The van der Waals surface area contributed by atoms with Gasteiger partial charge in [-0.2, -0.15) is 0 Å². The number of nitrogens with one attached hydrogen (secondary N) is 2. The molecule has 0 saturated carbocycles. The van der Waals surface area contributed by atoms with E-state index in [1.54, 1.807) is 0 Å². The number of hydrogen-bond acceptors (Lipinski definition) is 4. The summed E-state index contributed by atoms with van der Waals surface area (Å²) in [5.74, 6) is 1.78. The monoisotopic (exact) mass is 476 g/mol. The zero-order valence-corrected chi connectivity index (χ0v) is 18.5. The van der Waals surface area contributed by atoms with Crippen molar-refractivity contribution in [3.8, 4) is 5.75 Å². The van der Waals surface area contributed by atoms with Crippen molar-refractivity contribution in [3.63, 3.8) is 0 Å². The predicted molar refractivity (Wildman–Crippen MR) is 118 cm³/mol. The molecule has 0 unspecified atom stereocenters. The number of rotatable bonds is 8. The van der Waals surface area contributed by atoms with Crippen LogP contribution in [-0.4, -0.2) is 69.9 Å². The minimum atomic E-state index is 0. The molecule has 26 heavy (non-hydrogen) atoms. The number of halogens is 1. The molecule has 0 amide bonds. The molecule has 0 aromatic heterocycles. The van der Waals surface area contributed by atoms with Gasteiger partial charge in [0.1, 0.15) is 5.75 Å². The molecule has 1 fully saturated rings. The lowest BCUT2D eigenvalue weighted by Gasteiger charge is -2.26. The molecule has 0 bridgehead atoms. The van der Waals surface area contributed by atoms with E-state index in [2.05, 4.69) is 32.7 Å². The van der Waals surface area contributed by atoms with E-state index < -0.39 is 0 Å². The van der Waals surface area contributed by atoms with Gasteiger partial charge < -0.3 is 20.1 Å². The predicted octanol–water partition coefficient (Wildman–Crippen LogP) is 2.13. The number of benzene rings is 1. The van der Waals surface area contributed by atoms with Gasteiger partial charge in [-0.15, -0.1) is 24.0 Å². The maximum atomic E-state index is 5.67. The van der Waals surface area contributed by atoms with E-state index >= 15 is 0 Å². The summed E-state index contributed by atoms with van der Waals surface area (Å²) >= 11 is 0. The van der Waals surface area contributed by atoms with Crippen LogP contribution in [0.3, 0.4) is 0 Å². The number of guanidine groups is 1. The number of hydrogen-bond donors (Lipinski definition) is 2. The highest BCUT2D eigenvalue weighted by atomic mass is 127. The van der Waals surface area contributed by atoms with Gasteiger partial charge in [0.05, 0.1) is 19.3 Å². The summed E-state index contributed by atoms with van der Waals surface area (Å²) in [6.45, 7) is 10.5. The fourth-order valence-electron chi connectivity index (χ4n) is 2.71. The van der Waals surface area contributed by atoms with Crippen LogP contribution in [0.2, 0.25) is 0 Å². The summed E-state index contributed by atoms with van der Waals surface area (Å²) in [6, 6.07) is 8.30. The highest BCUT2D eigenvalue weighted by molar-refractivity contribution is 14.0. The molecule has 1 heterocycles. The Morgan fingerprint density at radius 3 is 2.42 bits per heavy atom. The first-order valence-corrected chi connectivity index (χ1v) is 9.17. The highest BCUT2D eigenvalue weighted by Gasteiger charge is 2.09. The van der Waals surface area contributed by atoms with Crippen LogP contribution in [0.5, 0.6) is 5.75 Å². The second-order valence-corrected chi connectivity index (χ2v) is 6.44. The maximum absolute atomic E-state index is 5.67. The zero-order valence-electron chi connectivity index (χ0n) is 16.2. The zero-order chi connectivity index (χ0) is 17.9. The summed E-state index contributed by atoms with van der Waals surface area (Å²) < 4.78 is 11.0. The Hall–Kier alpha value is -1.06. The van der Waals surface area contributed by atoms with Crippen LogP contribution in [0, 0.1) is 0 Å². The van der Waals surface area contributed by atoms with Gasteiger partial charge in [0.25, 0.3) is 0 Å². The van der Waals surface area contributed by atoms with Crippen LogP contribution in [-0.2, 0) is 11.2 Å². The Balaban J connectivity index is 0.00000338. The second kappa shape index (κ2) is 13.2. The number of ether oxygens (including phenoxy) is 2. The molecule has 6 nitrogen and oxygen atoms in total. The molecule has 2 rings (SSSR count). The quantitative estimate of drug-likeness (QED) is 0.342. The van der Waals surface area contributed by atoms with Crippen molar-refractivity contribution in [2.75, 3.05) is 53.0 Å². The summed E-state index contributed by atoms with van der Waals surface area (Å²) in [6.07, 6.45) is 1.16. The molecule has 7 heteroatoms. The molecule has 0 atom stereocenters. The molecule has 1 aromatic rings. The van der Waals surface area contributed by atoms with Gasteiger partial charge in [-0.1, -0.05) is 12.1 Å². The Morgan fingerprint density at radius 2 is 1.81 bits per heavy atom. The molecule has 0 aliphatic carbocycles. The van der Waals surface area contributed by atoms with E-state index in [4.69, 9.17) is 9.47 Å². The molecule has 1 aromatic carbocycles. The lowest BCUT2D eigenvalue weighted by molar-refractivity contribution is 0.0389. The third-order valence-corrected chi connectivity index (χ3v) is 4.05. The van der Waals surface area contributed by atoms with E-state index in [1.807, 2.05) is 33.0 Å². The third kappa shape index (κ3) is 9.05. The van der Waals surface area contributed by atoms with Gasteiger partial charge >= 0.3 is 0 Å². The largest absolute Gasteiger partial charge is 0.491 e. The first-order valence-electron chi connectivity index (χ1n) is 9.17. The molecular weight excluding hydrogens is 443 g/mol. The standard InChI is InChI=1S/C19H32N4O2.HI/c1-16(2)25-18-6-4-17(5-7-18)8-9-21-19(20-3)22-10-11-23-12-14-24-15-13-23;/h4-7,16H,8-15H2,1-3H3,(H2,20,21,22);1H.